The highest BCUT2D eigenvalue weighted by Crippen LogP contribution is 2.43. The molecule has 1 atom stereocenters. The Bertz CT molecular complexity index is 898. The Morgan fingerprint density at radius 1 is 1.50 bits per heavy atom. The maximum Gasteiger partial charge on any atom is 0.338 e. The number of nitrogens with zero attached hydrogens (tertiary/aromatic N) is 2. The highest BCUT2D eigenvalue weighted by Gasteiger charge is 2.39. The molecule has 1 aliphatic heterocycles. The second kappa shape index (κ2) is 7.23. The van der Waals surface area contributed by atoms with Gasteiger partial charge in [-0.2, -0.15) is 5.26 Å². The van der Waals surface area contributed by atoms with Gasteiger partial charge in [-0.1, -0.05) is 0 Å². The molecule has 0 amide bonds. The molecule has 1 aliphatic rings. The number of nitrogens with two attached hydrogens (primary N) is 1. The van der Waals surface area contributed by atoms with Gasteiger partial charge in [0.2, 0.25) is 5.88 Å². The van der Waals surface area contributed by atoms with E-state index in [1.165, 1.54) is 13.8 Å². The zero-order valence-corrected chi connectivity index (χ0v) is 14.3. The zero-order chi connectivity index (χ0) is 19.6. The Hall–Kier alpha value is -3.41. The first-order valence-corrected chi connectivity index (χ1v) is 7.63. The maximum atomic E-state index is 14.7. The van der Waals surface area contributed by atoms with Crippen molar-refractivity contribution < 1.29 is 23.6 Å². The van der Waals surface area contributed by atoms with E-state index >= 15 is 0 Å². The summed E-state index contributed by atoms with van der Waals surface area (Å²) in [6.45, 7) is 4.39. The van der Waals surface area contributed by atoms with Gasteiger partial charge in [-0.15, -0.1) is 0 Å². The lowest BCUT2D eigenvalue weighted by atomic mass is 9.80. The number of ether oxygens (including phenoxy) is 2. The van der Waals surface area contributed by atoms with Crippen molar-refractivity contribution in [1.29, 1.82) is 5.26 Å². The van der Waals surface area contributed by atoms with Crippen molar-refractivity contribution in [3.8, 4) is 6.07 Å². The molecule has 8 nitrogen and oxygen atoms in total. The SMILES string of the molecule is CCOC(=O)C1=C(C)OC(N)=C(C#N)C1c1c(F)ccc([N+](=O)[O-])c1C. The molecule has 1 aromatic rings. The summed E-state index contributed by atoms with van der Waals surface area (Å²) in [7, 11) is 0. The topological polar surface area (TPSA) is 128 Å². The molecule has 0 aromatic heterocycles. The number of benzene rings is 1. The van der Waals surface area contributed by atoms with Gasteiger partial charge in [0.25, 0.3) is 5.69 Å². The van der Waals surface area contributed by atoms with Gasteiger partial charge < -0.3 is 15.2 Å². The number of halogens is 1. The van der Waals surface area contributed by atoms with Crippen LogP contribution in [-0.2, 0) is 14.3 Å². The zero-order valence-electron chi connectivity index (χ0n) is 14.3. The minimum absolute atomic E-state index is 0.0166. The van der Waals surface area contributed by atoms with Gasteiger partial charge in [-0.05, 0) is 26.8 Å². The van der Waals surface area contributed by atoms with Crippen LogP contribution in [0.4, 0.5) is 10.1 Å². The molecule has 0 saturated carbocycles. The molecule has 0 radical (unpaired) electrons. The molecule has 0 aliphatic carbocycles. The molecule has 2 N–H and O–H groups in total. The fourth-order valence-electron chi connectivity index (χ4n) is 2.88. The Kier molecular flexibility index (Phi) is 5.26. The van der Waals surface area contributed by atoms with Crippen LogP contribution in [0.2, 0.25) is 0 Å². The molecule has 1 unspecified atom stereocenters. The fraction of sp³-hybridized carbons (Fsp3) is 0.294. The van der Waals surface area contributed by atoms with Crippen molar-refractivity contribution in [2.45, 2.75) is 26.7 Å². The molecule has 0 saturated heterocycles. The quantitative estimate of drug-likeness (QED) is 0.496. The molecule has 1 aromatic carbocycles. The number of hydrogen-bond acceptors (Lipinski definition) is 7. The molecule has 0 fully saturated rings. The number of nitriles is 1. The maximum absolute atomic E-state index is 14.7. The molecule has 2 rings (SSSR count). The third-order valence-electron chi connectivity index (χ3n) is 4.02. The summed E-state index contributed by atoms with van der Waals surface area (Å²) in [6, 6.07) is 3.74. The van der Waals surface area contributed by atoms with Crippen LogP contribution in [0.15, 0.2) is 34.9 Å². The van der Waals surface area contributed by atoms with E-state index in [9.17, 15) is 24.6 Å². The van der Waals surface area contributed by atoms with Crippen molar-refractivity contribution in [1.82, 2.24) is 0 Å². The van der Waals surface area contributed by atoms with Crippen LogP contribution in [0.25, 0.3) is 0 Å². The molecular weight excluding hydrogens is 345 g/mol. The number of esters is 1. The van der Waals surface area contributed by atoms with Crippen LogP contribution < -0.4 is 5.73 Å². The lowest BCUT2D eigenvalue weighted by molar-refractivity contribution is -0.385. The number of nitro benzene ring substituents is 1. The molecule has 26 heavy (non-hydrogen) atoms. The van der Waals surface area contributed by atoms with Crippen molar-refractivity contribution >= 4 is 11.7 Å². The molecule has 136 valence electrons. The van der Waals surface area contributed by atoms with Gasteiger partial charge in [0.05, 0.1) is 23.0 Å². The lowest BCUT2D eigenvalue weighted by Gasteiger charge is -2.27. The smallest absolute Gasteiger partial charge is 0.338 e. The first-order valence-electron chi connectivity index (χ1n) is 7.63. The van der Waals surface area contributed by atoms with E-state index in [1.54, 1.807) is 13.0 Å². The predicted octanol–water partition coefficient (Wildman–Crippen LogP) is 2.69. The van der Waals surface area contributed by atoms with Crippen LogP contribution in [0.5, 0.6) is 0 Å². The number of hydrogen-bond donors (Lipinski definition) is 1. The Labute approximate surface area is 148 Å². The van der Waals surface area contributed by atoms with E-state index in [-0.39, 0.29) is 46.2 Å². The van der Waals surface area contributed by atoms with Crippen molar-refractivity contribution in [2.75, 3.05) is 6.61 Å². The second-order valence-corrected chi connectivity index (χ2v) is 5.48. The third-order valence-corrected chi connectivity index (χ3v) is 4.02. The van der Waals surface area contributed by atoms with Gasteiger partial charge in [0.1, 0.15) is 23.2 Å². The van der Waals surface area contributed by atoms with Crippen molar-refractivity contribution in [3.05, 3.63) is 62.0 Å². The molecular formula is C17H16FN3O5. The minimum Gasteiger partial charge on any atom is -0.463 e. The fourth-order valence-corrected chi connectivity index (χ4v) is 2.88. The number of carbonyl (C=O) groups is 1. The van der Waals surface area contributed by atoms with Gasteiger partial charge in [0, 0.05) is 17.2 Å². The second-order valence-electron chi connectivity index (χ2n) is 5.48. The normalized spacial score (nSPS) is 16.8. The van der Waals surface area contributed by atoms with E-state index in [0.29, 0.717) is 0 Å². The summed E-state index contributed by atoms with van der Waals surface area (Å²) < 4.78 is 24.9. The van der Waals surface area contributed by atoms with E-state index in [2.05, 4.69) is 0 Å². The number of nitro groups is 1. The minimum atomic E-state index is -1.27. The third kappa shape index (κ3) is 3.09. The Morgan fingerprint density at radius 3 is 2.69 bits per heavy atom. The Morgan fingerprint density at radius 2 is 2.15 bits per heavy atom. The average molecular weight is 361 g/mol. The van der Waals surface area contributed by atoms with E-state index in [4.69, 9.17) is 15.2 Å². The number of carbonyl (C=O) groups excluding carboxylic acids is 1. The van der Waals surface area contributed by atoms with E-state index in [0.717, 1.165) is 12.1 Å². The summed E-state index contributed by atoms with van der Waals surface area (Å²) in [5.74, 6) is -3.16. The summed E-state index contributed by atoms with van der Waals surface area (Å²) in [5, 5.41) is 20.7. The van der Waals surface area contributed by atoms with E-state index < -0.39 is 22.6 Å². The van der Waals surface area contributed by atoms with Crippen molar-refractivity contribution in [3.63, 3.8) is 0 Å². The van der Waals surface area contributed by atoms with Gasteiger partial charge >= 0.3 is 5.97 Å². The summed E-state index contributed by atoms with van der Waals surface area (Å²) in [4.78, 5) is 23.0. The average Bonchev–Trinajstić information content (AvgIpc) is 2.54. The van der Waals surface area contributed by atoms with Crippen LogP contribution >= 0.6 is 0 Å². The summed E-state index contributed by atoms with van der Waals surface area (Å²) in [5.41, 5.74) is 4.84. The van der Waals surface area contributed by atoms with E-state index in [1.807, 2.05) is 0 Å². The molecule has 0 bridgehead atoms. The lowest BCUT2D eigenvalue weighted by Crippen LogP contribution is -2.26. The van der Waals surface area contributed by atoms with Crippen molar-refractivity contribution in [2.24, 2.45) is 5.73 Å². The largest absolute Gasteiger partial charge is 0.463 e. The molecule has 0 spiro atoms. The number of rotatable bonds is 4. The standard InChI is InChI=1S/C17H16FN3O5/c1-4-25-17(22)14-9(3)26-16(20)10(7-19)15(14)13-8(2)12(21(23)24)6-5-11(13)18/h5-6,15H,4,20H2,1-3H3. The first kappa shape index (κ1) is 18.9. The molecule has 9 heteroatoms. The van der Waals surface area contributed by atoms with Gasteiger partial charge in [-0.25, -0.2) is 9.18 Å². The summed E-state index contributed by atoms with van der Waals surface area (Å²) in [6.07, 6.45) is 0. The predicted molar refractivity (Wildman–Crippen MR) is 87.8 cm³/mol. The Balaban J connectivity index is 2.83. The summed E-state index contributed by atoms with van der Waals surface area (Å²) >= 11 is 0. The van der Waals surface area contributed by atoms with Gasteiger partial charge in [0.15, 0.2) is 0 Å². The highest BCUT2D eigenvalue weighted by molar-refractivity contribution is 5.92. The monoisotopic (exact) mass is 361 g/mol. The van der Waals surface area contributed by atoms with Crippen LogP contribution in [0, 0.1) is 34.2 Å². The highest BCUT2D eigenvalue weighted by atomic mass is 19.1. The first-order chi connectivity index (χ1) is 12.2. The molecule has 1 heterocycles. The van der Waals surface area contributed by atoms with Crippen LogP contribution in [0.3, 0.4) is 0 Å². The van der Waals surface area contributed by atoms with Crippen LogP contribution in [0.1, 0.15) is 30.9 Å². The van der Waals surface area contributed by atoms with Gasteiger partial charge in [-0.3, -0.25) is 10.1 Å². The number of allylic oxidation sites excluding steroid dienone is 2. The van der Waals surface area contributed by atoms with Crippen LogP contribution in [-0.4, -0.2) is 17.5 Å².